The molecule has 0 aromatic heterocycles. The number of anilines is 1. The normalized spacial score (nSPS) is 18.6. The molecule has 0 saturated carbocycles. The first kappa shape index (κ1) is 14.1. The van der Waals surface area contributed by atoms with Crippen LogP contribution in [0.2, 0.25) is 0 Å². The molecule has 0 aliphatic carbocycles. The summed E-state index contributed by atoms with van der Waals surface area (Å²) in [4.78, 5) is 13.2. The lowest BCUT2D eigenvalue weighted by molar-refractivity contribution is 0.122. The van der Waals surface area contributed by atoms with Gasteiger partial charge in [0.1, 0.15) is 11.9 Å². The van der Waals surface area contributed by atoms with Gasteiger partial charge in [-0.3, -0.25) is 4.90 Å². The maximum Gasteiger partial charge on any atom is 0.414 e. The number of nitrogens with zero attached hydrogens (tertiary/aromatic N) is 2. The largest absolute Gasteiger partial charge is 0.442 e. The molecule has 6 nitrogen and oxygen atoms in total. The summed E-state index contributed by atoms with van der Waals surface area (Å²) in [5.74, 6) is 5.28. The fourth-order valence-corrected chi connectivity index (χ4v) is 1.98. The molecule has 2 rings (SSSR count). The van der Waals surface area contributed by atoms with E-state index in [-0.39, 0.29) is 5.82 Å². The molecule has 1 atom stereocenters. The second-order valence-corrected chi connectivity index (χ2v) is 4.59. The van der Waals surface area contributed by atoms with Gasteiger partial charge in [0.15, 0.2) is 0 Å². The molecule has 0 spiro atoms. The molecule has 1 saturated heterocycles. The van der Waals surface area contributed by atoms with E-state index in [4.69, 9.17) is 16.3 Å². The predicted molar refractivity (Wildman–Crippen MR) is 73.0 cm³/mol. The zero-order valence-electron chi connectivity index (χ0n) is 11.1. The van der Waals surface area contributed by atoms with E-state index in [0.29, 0.717) is 24.3 Å². The van der Waals surface area contributed by atoms with Crippen LogP contribution < -0.4 is 16.5 Å². The first-order chi connectivity index (χ1) is 9.51. The van der Waals surface area contributed by atoms with Gasteiger partial charge in [-0.1, -0.05) is 6.07 Å². The Morgan fingerprint density at radius 3 is 3.00 bits per heavy atom. The van der Waals surface area contributed by atoms with Crippen molar-refractivity contribution in [1.29, 1.82) is 0 Å². The van der Waals surface area contributed by atoms with Gasteiger partial charge in [0.2, 0.25) is 0 Å². The number of hydrazine groups is 1. The topological polar surface area (TPSA) is 84.8 Å². The molecular weight excluding hydrogens is 263 g/mol. The summed E-state index contributed by atoms with van der Waals surface area (Å²) in [5, 5.41) is 1.33. The Bertz CT molecular complexity index is 535. The molecule has 0 radical (unpaired) electrons. The van der Waals surface area contributed by atoms with Gasteiger partial charge in [0.05, 0.1) is 18.8 Å². The number of amides is 1. The number of hydrogen-bond acceptors (Lipinski definition) is 5. The van der Waals surface area contributed by atoms with Crippen molar-refractivity contribution in [2.24, 2.45) is 11.6 Å². The molecule has 1 aliphatic heterocycles. The van der Waals surface area contributed by atoms with Crippen molar-refractivity contribution in [3.8, 4) is 0 Å². The van der Waals surface area contributed by atoms with E-state index in [0.717, 1.165) is 0 Å². The van der Waals surface area contributed by atoms with E-state index in [1.54, 1.807) is 19.1 Å². The molecule has 1 amide bonds. The van der Waals surface area contributed by atoms with Crippen LogP contribution in [-0.4, -0.2) is 30.3 Å². The summed E-state index contributed by atoms with van der Waals surface area (Å²) in [6.07, 6.45) is 1.86. The van der Waals surface area contributed by atoms with Crippen LogP contribution in [0, 0.1) is 12.7 Å². The van der Waals surface area contributed by atoms with Crippen LogP contribution in [-0.2, 0) is 4.74 Å². The summed E-state index contributed by atoms with van der Waals surface area (Å²) < 4.78 is 18.7. The SMILES string of the molecule is Cc1ccc(N2CC(CN(N)/C=C\N)OC2=O)cc1F. The van der Waals surface area contributed by atoms with Crippen molar-refractivity contribution in [2.45, 2.75) is 13.0 Å². The lowest BCUT2D eigenvalue weighted by Gasteiger charge is -2.17. The molecule has 7 heteroatoms. The van der Waals surface area contributed by atoms with Crippen LogP contribution in [0.15, 0.2) is 30.6 Å². The quantitative estimate of drug-likeness (QED) is 0.636. The number of benzene rings is 1. The summed E-state index contributed by atoms with van der Waals surface area (Å²) in [7, 11) is 0. The number of rotatable bonds is 4. The Morgan fingerprint density at radius 2 is 2.35 bits per heavy atom. The Kier molecular flexibility index (Phi) is 4.09. The van der Waals surface area contributed by atoms with Gasteiger partial charge in [-0.05, 0) is 24.6 Å². The van der Waals surface area contributed by atoms with Gasteiger partial charge in [-0.2, -0.15) is 0 Å². The number of halogens is 1. The van der Waals surface area contributed by atoms with Crippen LogP contribution in [0.5, 0.6) is 0 Å². The highest BCUT2D eigenvalue weighted by molar-refractivity contribution is 5.89. The predicted octanol–water partition coefficient (Wildman–Crippen LogP) is 1.06. The summed E-state index contributed by atoms with van der Waals surface area (Å²) in [6, 6.07) is 4.62. The smallest absolute Gasteiger partial charge is 0.414 e. The maximum absolute atomic E-state index is 13.5. The van der Waals surface area contributed by atoms with Crippen LogP contribution in [0.25, 0.3) is 0 Å². The van der Waals surface area contributed by atoms with Crippen LogP contribution >= 0.6 is 0 Å². The average molecular weight is 280 g/mol. The lowest BCUT2D eigenvalue weighted by atomic mass is 10.2. The van der Waals surface area contributed by atoms with Crippen LogP contribution in [0.3, 0.4) is 0 Å². The standard InChI is InChI=1S/C13H17FN4O2/c1-9-2-3-10(6-12(9)14)18-8-11(20-13(18)19)7-17(16)5-4-15/h2-6,11H,7-8,15-16H2,1H3/b5-4-. The molecule has 1 fully saturated rings. The Balaban J connectivity index is 2.07. The third-order valence-electron chi connectivity index (χ3n) is 3.03. The third-order valence-corrected chi connectivity index (χ3v) is 3.03. The Labute approximate surface area is 116 Å². The highest BCUT2D eigenvalue weighted by Gasteiger charge is 2.33. The molecule has 20 heavy (non-hydrogen) atoms. The highest BCUT2D eigenvalue weighted by Crippen LogP contribution is 2.23. The fourth-order valence-electron chi connectivity index (χ4n) is 1.98. The number of nitrogens with two attached hydrogens (primary N) is 2. The second-order valence-electron chi connectivity index (χ2n) is 4.59. The van der Waals surface area contributed by atoms with Gasteiger partial charge < -0.3 is 15.5 Å². The van der Waals surface area contributed by atoms with E-state index >= 15 is 0 Å². The number of carbonyl (C=O) groups excluding carboxylic acids is 1. The van der Waals surface area contributed by atoms with Gasteiger partial charge in [-0.25, -0.2) is 15.0 Å². The molecule has 4 N–H and O–H groups in total. The number of aryl methyl sites for hydroxylation is 1. The van der Waals surface area contributed by atoms with Crippen molar-refractivity contribution in [3.05, 3.63) is 42.0 Å². The Morgan fingerprint density at radius 1 is 1.60 bits per heavy atom. The molecule has 1 aromatic rings. The Hall–Kier alpha value is -2.28. The maximum atomic E-state index is 13.5. The summed E-state index contributed by atoms with van der Waals surface area (Å²) >= 11 is 0. The number of carbonyl (C=O) groups is 1. The van der Waals surface area contributed by atoms with Crippen molar-refractivity contribution in [2.75, 3.05) is 18.0 Å². The monoisotopic (exact) mass is 280 g/mol. The first-order valence-corrected chi connectivity index (χ1v) is 6.15. The van der Waals surface area contributed by atoms with E-state index in [9.17, 15) is 9.18 Å². The molecule has 0 bridgehead atoms. The number of cyclic esters (lactones) is 1. The van der Waals surface area contributed by atoms with Gasteiger partial charge in [-0.15, -0.1) is 0 Å². The number of ether oxygens (including phenoxy) is 1. The van der Waals surface area contributed by atoms with E-state index in [2.05, 4.69) is 0 Å². The molecule has 1 aromatic carbocycles. The van der Waals surface area contributed by atoms with Gasteiger partial charge >= 0.3 is 6.09 Å². The second kappa shape index (κ2) is 5.79. The lowest BCUT2D eigenvalue weighted by Crippen LogP contribution is -2.36. The zero-order chi connectivity index (χ0) is 14.7. The van der Waals surface area contributed by atoms with E-state index in [1.165, 1.54) is 28.4 Å². The number of hydrogen-bond donors (Lipinski definition) is 2. The highest BCUT2D eigenvalue weighted by atomic mass is 19.1. The van der Waals surface area contributed by atoms with E-state index in [1.807, 2.05) is 0 Å². The van der Waals surface area contributed by atoms with Gasteiger partial charge in [0.25, 0.3) is 0 Å². The van der Waals surface area contributed by atoms with Crippen molar-refractivity contribution < 1.29 is 13.9 Å². The van der Waals surface area contributed by atoms with Crippen molar-refractivity contribution in [1.82, 2.24) is 5.01 Å². The van der Waals surface area contributed by atoms with Crippen LogP contribution in [0.4, 0.5) is 14.9 Å². The average Bonchev–Trinajstić information content (AvgIpc) is 2.74. The van der Waals surface area contributed by atoms with Gasteiger partial charge in [0, 0.05) is 12.4 Å². The minimum absolute atomic E-state index is 0.310. The molecule has 108 valence electrons. The summed E-state index contributed by atoms with van der Waals surface area (Å²) in [5.41, 5.74) is 6.22. The zero-order valence-corrected chi connectivity index (χ0v) is 11.1. The van der Waals surface area contributed by atoms with E-state index < -0.39 is 12.2 Å². The van der Waals surface area contributed by atoms with Crippen molar-refractivity contribution >= 4 is 11.8 Å². The third kappa shape index (κ3) is 3.00. The summed E-state index contributed by atoms with van der Waals surface area (Å²) in [6.45, 7) is 2.29. The van der Waals surface area contributed by atoms with Crippen LogP contribution in [0.1, 0.15) is 5.56 Å². The van der Waals surface area contributed by atoms with Crippen molar-refractivity contribution in [3.63, 3.8) is 0 Å². The minimum Gasteiger partial charge on any atom is -0.442 e. The molecular formula is C13H17FN4O2. The molecule has 1 unspecified atom stereocenters. The first-order valence-electron chi connectivity index (χ1n) is 6.15. The molecule has 1 heterocycles. The fraction of sp³-hybridized carbons (Fsp3) is 0.308. The minimum atomic E-state index is -0.511. The molecule has 1 aliphatic rings.